The molecule has 9 heteroatoms. The summed E-state index contributed by atoms with van der Waals surface area (Å²) in [6.07, 6.45) is 3.01. The molecule has 1 atom stereocenters. The van der Waals surface area contributed by atoms with Crippen LogP contribution < -0.4 is 19.1 Å². The summed E-state index contributed by atoms with van der Waals surface area (Å²) >= 11 is 0. The fourth-order valence-electron chi connectivity index (χ4n) is 5.22. The van der Waals surface area contributed by atoms with Gasteiger partial charge < -0.3 is 29.0 Å². The van der Waals surface area contributed by atoms with Crippen molar-refractivity contribution < 1.29 is 33.6 Å². The molecule has 1 aliphatic rings. The van der Waals surface area contributed by atoms with E-state index in [1.54, 1.807) is 36.2 Å². The van der Waals surface area contributed by atoms with Crippen molar-refractivity contribution in [1.29, 1.82) is 0 Å². The van der Waals surface area contributed by atoms with Crippen molar-refractivity contribution in [2.45, 2.75) is 45.8 Å². The van der Waals surface area contributed by atoms with Crippen molar-refractivity contribution in [1.82, 2.24) is 4.90 Å². The van der Waals surface area contributed by atoms with Gasteiger partial charge in [0.1, 0.15) is 5.75 Å². The van der Waals surface area contributed by atoms with Gasteiger partial charge >= 0.3 is 12.0 Å². The molecule has 9 nitrogen and oxygen atoms in total. The van der Waals surface area contributed by atoms with Crippen LogP contribution in [0.4, 0.5) is 10.5 Å². The number of nitrogens with zero attached hydrogens (tertiary/aromatic N) is 2. The lowest BCUT2D eigenvalue weighted by Crippen LogP contribution is -2.54. The highest BCUT2D eigenvalue weighted by molar-refractivity contribution is 5.93. The summed E-state index contributed by atoms with van der Waals surface area (Å²) in [6, 6.07) is 20.8. The van der Waals surface area contributed by atoms with E-state index >= 15 is 0 Å². The fourth-order valence-corrected chi connectivity index (χ4v) is 5.22. The topological polar surface area (TPSA) is 97.8 Å². The highest BCUT2D eigenvalue weighted by Gasteiger charge is 2.34. The van der Waals surface area contributed by atoms with Crippen LogP contribution in [-0.2, 0) is 29.1 Å². The first kappa shape index (κ1) is 31.7. The zero-order chi connectivity index (χ0) is 30.6. The highest BCUT2D eigenvalue weighted by atomic mass is 16.5. The van der Waals surface area contributed by atoms with Crippen LogP contribution in [0.3, 0.4) is 0 Å². The second-order valence-corrected chi connectivity index (χ2v) is 10.7. The van der Waals surface area contributed by atoms with E-state index in [9.17, 15) is 14.7 Å². The maximum atomic E-state index is 14.0. The highest BCUT2D eigenvalue weighted by Crippen LogP contribution is 2.34. The molecule has 1 fully saturated rings. The number of carboxylic acids is 1. The van der Waals surface area contributed by atoms with Crippen molar-refractivity contribution in [2.75, 3.05) is 45.4 Å². The lowest BCUT2D eigenvalue weighted by Gasteiger charge is -2.40. The molecule has 3 aromatic rings. The van der Waals surface area contributed by atoms with E-state index < -0.39 is 5.97 Å². The van der Waals surface area contributed by atoms with Crippen molar-refractivity contribution in [3.05, 3.63) is 83.4 Å². The summed E-state index contributed by atoms with van der Waals surface area (Å²) in [5, 5.41) is 9.20. The summed E-state index contributed by atoms with van der Waals surface area (Å²) in [5.41, 5.74) is 3.24. The Balaban J connectivity index is 1.57. The summed E-state index contributed by atoms with van der Waals surface area (Å²) < 4.78 is 23.3. The second-order valence-electron chi connectivity index (χ2n) is 10.7. The fraction of sp³-hybridized carbons (Fsp3) is 0.412. The SMILES string of the molecule is CCCCCOc1cc(N2CC(COCc3ccccc3)CN(Cc3ccc(CC(=O)O)cc3OC)C2=O)ccc1OC. The number of urea groups is 1. The van der Waals surface area contributed by atoms with Gasteiger partial charge in [0.15, 0.2) is 11.5 Å². The van der Waals surface area contributed by atoms with Crippen LogP contribution in [0.15, 0.2) is 66.7 Å². The van der Waals surface area contributed by atoms with Crippen molar-refractivity contribution in [3.8, 4) is 17.2 Å². The van der Waals surface area contributed by atoms with Crippen LogP contribution in [0.1, 0.15) is 42.9 Å². The van der Waals surface area contributed by atoms with Gasteiger partial charge in [-0.2, -0.15) is 0 Å². The van der Waals surface area contributed by atoms with Crippen molar-refractivity contribution in [3.63, 3.8) is 0 Å². The minimum Gasteiger partial charge on any atom is -0.496 e. The van der Waals surface area contributed by atoms with E-state index in [0.29, 0.717) is 62.3 Å². The summed E-state index contributed by atoms with van der Waals surface area (Å²) in [4.78, 5) is 28.7. The number of carbonyl (C=O) groups excluding carboxylic acids is 1. The number of rotatable bonds is 16. The molecule has 1 saturated heterocycles. The van der Waals surface area contributed by atoms with Crippen LogP contribution >= 0.6 is 0 Å². The molecule has 3 aromatic carbocycles. The van der Waals surface area contributed by atoms with E-state index in [0.717, 1.165) is 36.1 Å². The zero-order valence-corrected chi connectivity index (χ0v) is 25.3. The molecular formula is C34H42N2O7. The molecule has 0 aromatic heterocycles. The van der Waals surface area contributed by atoms with Crippen LogP contribution in [0.5, 0.6) is 17.2 Å². The number of carbonyl (C=O) groups is 2. The van der Waals surface area contributed by atoms with Crippen molar-refractivity contribution >= 4 is 17.7 Å². The van der Waals surface area contributed by atoms with Crippen LogP contribution in [-0.4, -0.2) is 62.5 Å². The molecule has 0 aliphatic carbocycles. The van der Waals surface area contributed by atoms with Gasteiger partial charge in [-0.1, -0.05) is 62.2 Å². The molecule has 1 unspecified atom stereocenters. The molecule has 43 heavy (non-hydrogen) atoms. The predicted octanol–water partition coefficient (Wildman–Crippen LogP) is 6.18. The standard InChI is InChI=1S/C34H42N2O7/c1-4-5-9-16-43-32-19-29(14-15-30(32)40-2)36-21-27(24-42-23-25-10-7-6-8-11-25)20-35(34(36)39)22-28-13-12-26(18-33(37)38)17-31(28)41-3/h6-8,10-15,17,19,27H,4-5,9,16,18,20-24H2,1-3H3,(H,37,38). The molecule has 4 rings (SSSR count). The van der Waals surface area contributed by atoms with Crippen molar-refractivity contribution in [2.24, 2.45) is 5.92 Å². The van der Waals surface area contributed by atoms with E-state index in [-0.39, 0.29) is 18.4 Å². The van der Waals surface area contributed by atoms with E-state index in [4.69, 9.17) is 18.9 Å². The normalized spacial score (nSPS) is 15.0. The molecule has 1 heterocycles. The summed E-state index contributed by atoms with van der Waals surface area (Å²) in [6.45, 7) is 4.97. The maximum Gasteiger partial charge on any atom is 0.324 e. The Bertz CT molecular complexity index is 1350. The maximum absolute atomic E-state index is 14.0. The number of hydrogen-bond acceptors (Lipinski definition) is 6. The molecule has 2 amide bonds. The van der Waals surface area contributed by atoms with Crippen LogP contribution in [0.25, 0.3) is 0 Å². The van der Waals surface area contributed by atoms with Gasteiger partial charge in [0.05, 0.1) is 47.0 Å². The third-order valence-corrected chi connectivity index (χ3v) is 7.42. The average molecular weight is 591 g/mol. The molecular weight excluding hydrogens is 548 g/mol. The monoisotopic (exact) mass is 590 g/mol. The first-order chi connectivity index (χ1) is 20.9. The number of hydrogen-bond donors (Lipinski definition) is 1. The molecule has 0 spiro atoms. The van der Waals surface area contributed by atoms with Gasteiger partial charge in [0.2, 0.25) is 0 Å². The molecule has 230 valence electrons. The average Bonchev–Trinajstić information content (AvgIpc) is 3.01. The quantitative estimate of drug-likeness (QED) is 0.199. The number of ether oxygens (including phenoxy) is 4. The second kappa shape index (κ2) is 15.8. The van der Waals surface area contributed by atoms with E-state index in [2.05, 4.69) is 6.92 Å². The number of unbranched alkanes of at least 4 members (excludes halogenated alkanes) is 2. The Morgan fingerprint density at radius 2 is 1.70 bits per heavy atom. The lowest BCUT2D eigenvalue weighted by molar-refractivity contribution is -0.136. The predicted molar refractivity (Wildman–Crippen MR) is 165 cm³/mol. The molecule has 0 bridgehead atoms. The zero-order valence-electron chi connectivity index (χ0n) is 25.3. The minimum atomic E-state index is -0.914. The Morgan fingerprint density at radius 3 is 2.42 bits per heavy atom. The first-order valence-electron chi connectivity index (χ1n) is 14.8. The number of aliphatic carboxylic acids is 1. The number of benzene rings is 3. The Hall–Kier alpha value is -4.24. The molecule has 0 saturated carbocycles. The van der Waals surface area contributed by atoms with Gasteiger partial charge in [0, 0.05) is 36.3 Å². The minimum absolute atomic E-state index is 0.0368. The first-order valence-corrected chi connectivity index (χ1v) is 14.8. The summed E-state index contributed by atoms with van der Waals surface area (Å²) in [7, 11) is 3.16. The van der Waals surface area contributed by atoms with Gasteiger partial charge in [-0.25, -0.2) is 4.79 Å². The summed E-state index contributed by atoms with van der Waals surface area (Å²) in [5.74, 6) is 0.898. The number of carboxylic acid groups (broad SMARTS) is 1. The van der Waals surface area contributed by atoms with E-state index in [1.165, 1.54) is 0 Å². The van der Waals surface area contributed by atoms with Gasteiger partial charge in [-0.3, -0.25) is 9.69 Å². The molecule has 1 N–H and O–H groups in total. The number of amides is 2. The molecule has 0 radical (unpaired) electrons. The Labute approximate surface area is 253 Å². The van der Waals surface area contributed by atoms with Gasteiger partial charge in [-0.05, 0) is 35.7 Å². The van der Waals surface area contributed by atoms with Gasteiger partial charge in [0.25, 0.3) is 0 Å². The largest absolute Gasteiger partial charge is 0.496 e. The van der Waals surface area contributed by atoms with Crippen LogP contribution in [0, 0.1) is 5.92 Å². The Morgan fingerprint density at radius 1 is 0.907 bits per heavy atom. The Kier molecular flexibility index (Phi) is 11.7. The smallest absolute Gasteiger partial charge is 0.324 e. The van der Waals surface area contributed by atoms with Crippen LogP contribution in [0.2, 0.25) is 0 Å². The number of anilines is 1. The third-order valence-electron chi connectivity index (χ3n) is 7.42. The van der Waals surface area contributed by atoms with E-state index in [1.807, 2.05) is 54.6 Å². The lowest BCUT2D eigenvalue weighted by atomic mass is 10.0. The number of methoxy groups -OCH3 is 2. The molecule has 1 aliphatic heterocycles. The van der Waals surface area contributed by atoms with Gasteiger partial charge in [-0.15, -0.1) is 0 Å². The third kappa shape index (κ3) is 8.88.